The third-order valence-electron chi connectivity index (χ3n) is 2.15. The molecule has 90 valence electrons. The molecule has 0 aromatic rings. The maximum absolute atomic E-state index is 11.5. The Morgan fingerprint density at radius 1 is 1.47 bits per heavy atom. The van der Waals surface area contributed by atoms with Gasteiger partial charge in [0.1, 0.15) is 5.60 Å². The second kappa shape index (κ2) is 5.72. The van der Waals surface area contributed by atoms with Crippen molar-refractivity contribution in [1.29, 1.82) is 0 Å². The molecular formula is C8H17O6P. The first kappa shape index (κ1) is 14.7. The molecule has 0 rings (SSSR count). The van der Waals surface area contributed by atoms with E-state index >= 15 is 0 Å². The van der Waals surface area contributed by atoms with Gasteiger partial charge in [0.15, 0.2) is 6.29 Å². The van der Waals surface area contributed by atoms with E-state index in [1.165, 1.54) is 21.1 Å². The van der Waals surface area contributed by atoms with E-state index in [0.717, 1.165) is 0 Å². The summed E-state index contributed by atoms with van der Waals surface area (Å²) in [6.45, 7) is 1.18. The minimum atomic E-state index is -3.20. The highest BCUT2D eigenvalue weighted by atomic mass is 31.2. The number of carbonyl (C=O) groups excluding carboxylic acids is 1. The van der Waals surface area contributed by atoms with Crippen LogP contribution in [-0.2, 0) is 18.4 Å². The molecule has 0 saturated carbocycles. The second-order valence-corrected chi connectivity index (χ2v) is 5.75. The van der Waals surface area contributed by atoms with Crippen LogP contribution in [0.4, 0.5) is 0 Å². The summed E-state index contributed by atoms with van der Waals surface area (Å²) in [6, 6.07) is 0. The lowest BCUT2D eigenvalue weighted by Crippen LogP contribution is -2.41. The molecule has 0 aromatic carbocycles. The molecule has 0 aliphatic heterocycles. The van der Waals surface area contributed by atoms with Crippen molar-refractivity contribution in [3.8, 4) is 0 Å². The molecule has 0 heterocycles. The van der Waals surface area contributed by atoms with Gasteiger partial charge in [0.25, 0.3) is 0 Å². The first-order valence-electron chi connectivity index (χ1n) is 4.38. The van der Waals surface area contributed by atoms with Gasteiger partial charge in [-0.2, -0.15) is 0 Å². The Morgan fingerprint density at radius 2 is 1.93 bits per heavy atom. The Kier molecular flexibility index (Phi) is 5.62. The fourth-order valence-electron chi connectivity index (χ4n) is 0.908. The van der Waals surface area contributed by atoms with Crippen molar-refractivity contribution in [2.24, 2.45) is 0 Å². The van der Waals surface area contributed by atoms with Gasteiger partial charge in [-0.1, -0.05) is 0 Å². The fourth-order valence-corrected chi connectivity index (χ4v) is 1.98. The van der Waals surface area contributed by atoms with E-state index in [-0.39, 0.29) is 18.9 Å². The lowest BCUT2D eigenvalue weighted by molar-refractivity contribution is -0.133. The SMILES string of the molecule is COP(=O)(CCC(O)C(C)(O)C=O)OC. The number of hydrogen-bond acceptors (Lipinski definition) is 6. The van der Waals surface area contributed by atoms with Crippen LogP contribution in [-0.4, -0.2) is 48.6 Å². The van der Waals surface area contributed by atoms with Gasteiger partial charge in [-0.3, -0.25) is 4.57 Å². The molecule has 2 unspecified atom stereocenters. The molecule has 0 radical (unpaired) electrons. The Labute approximate surface area is 88.7 Å². The van der Waals surface area contributed by atoms with Crippen molar-refractivity contribution in [3.05, 3.63) is 0 Å². The normalized spacial score (nSPS) is 18.2. The predicted octanol–water partition coefficient (Wildman–Crippen LogP) is 0.173. The standard InChI is InChI=1S/C8H17O6P/c1-8(11,6-9)7(10)4-5-15(12,13-2)14-3/h6-7,10-11H,4-5H2,1-3H3. The third-order valence-corrected chi connectivity index (χ3v) is 4.06. The smallest absolute Gasteiger partial charge is 0.330 e. The molecule has 0 amide bonds. The number of carbonyl (C=O) groups is 1. The van der Waals surface area contributed by atoms with Crippen LogP contribution < -0.4 is 0 Å². The number of aliphatic hydroxyl groups excluding tert-OH is 1. The minimum Gasteiger partial charge on any atom is -0.390 e. The average Bonchev–Trinajstić information content (AvgIpc) is 2.25. The molecule has 0 aliphatic rings. The highest BCUT2D eigenvalue weighted by molar-refractivity contribution is 7.53. The predicted molar refractivity (Wildman–Crippen MR) is 53.8 cm³/mol. The van der Waals surface area contributed by atoms with Crippen molar-refractivity contribution >= 4 is 13.9 Å². The molecule has 2 N–H and O–H groups in total. The molecule has 2 atom stereocenters. The van der Waals surface area contributed by atoms with Crippen LogP contribution in [0.5, 0.6) is 0 Å². The average molecular weight is 240 g/mol. The molecule has 0 saturated heterocycles. The van der Waals surface area contributed by atoms with Gasteiger partial charge < -0.3 is 24.1 Å². The van der Waals surface area contributed by atoms with Gasteiger partial charge in [-0.05, 0) is 13.3 Å². The summed E-state index contributed by atoms with van der Waals surface area (Å²) in [5.74, 6) is 0. The zero-order chi connectivity index (χ0) is 12.1. The summed E-state index contributed by atoms with van der Waals surface area (Å²) < 4.78 is 20.8. The summed E-state index contributed by atoms with van der Waals surface area (Å²) in [5.41, 5.74) is -1.84. The number of aldehydes is 1. The van der Waals surface area contributed by atoms with E-state index in [4.69, 9.17) is 0 Å². The molecular weight excluding hydrogens is 223 g/mol. The van der Waals surface area contributed by atoms with Gasteiger partial charge in [-0.15, -0.1) is 0 Å². The van der Waals surface area contributed by atoms with Gasteiger partial charge >= 0.3 is 7.60 Å². The van der Waals surface area contributed by atoms with Crippen LogP contribution >= 0.6 is 7.60 Å². The van der Waals surface area contributed by atoms with E-state index < -0.39 is 19.3 Å². The van der Waals surface area contributed by atoms with Crippen LogP contribution in [0.25, 0.3) is 0 Å². The molecule has 0 spiro atoms. The molecule has 0 aromatic heterocycles. The summed E-state index contributed by atoms with van der Waals surface area (Å²) in [4.78, 5) is 10.4. The zero-order valence-corrected chi connectivity index (χ0v) is 9.94. The zero-order valence-electron chi connectivity index (χ0n) is 9.04. The lowest BCUT2D eigenvalue weighted by Gasteiger charge is -2.24. The Morgan fingerprint density at radius 3 is 2.27 bits per heavy atom. The molecule has 6 nitrogen and oxygen atoms in total. The monoisotopic (exact) mass is 240 g/mol. The van der Waals surface area contributed by atoms with Crippen molar-refractivity contribution in [3.63, 3.8) is 0 Å². The Bertz CT molecular complexity index is 244. The van der Waals surface area contributed by atoms with E-state index in [1.807, 2.05) is 0 Å². The summed E-state index contributed by atoms with van der Waals surface area (Å²) in [7, 11) is -0.741. The number of hydrogen-bond donors (Lipinski definition) is 2. The van der Waals surface area contributed by atoms with E-state index in [0.29, 0.717) is 0 Å². The topological polar surface area (TPSA) is 93.1 Å². The first-order chi connectivity index (χ1) is 6.81. The summed E-state index contributed by atoms with van der Waals surface area (Å²) >= 11 is 0. The Balaban J connectivity index is 4.28. The fraction of sp³-hybridized carbons (Fsp3) is 0.875. The molecule has 0 fully saturated rings. The largest absolute Gasteiger partial charge is 0.390 e. The van der Waals surface area contributed by atoms with Crippen LogP contribution in [0.15, 0.2) is 0 Å². The first-order valence-corrected chi connectivity index (χ1v) is 6.11. The summed E-state index contributed by atoms with van der Waals surface area (Å²) in [5, 5.41) is 18.8. The maximum Gasteiger partial charge on any atom is 0.330 e. The highest BCUT2D eigenvalue weighted by Gasteiger charge is 2.32. The van der Waals surface area contributed by atoms with Crippen molar-refractivity contribution < 1.29 is 28.6 Å². The van der Waals surface area contributed by atoms with Gasteiger partial charge in [0.2, 0.25) is 0 Å². The van der Waals surface area contributed by atoms with Crippen molar-refractivity contribution in [1.82, 2.24) is 0 Å². The number of aliphatic hydroxyl groups is 2. The summed E-state index contributed by atoms with van der Waals surface area (Å²) in [6.07, 6.45) is -1.17. The Hall–Kier alpha value is -0.260. The molecule has 0 bridgehead atoms. The molecule has 15 heavy (non-hydrogen) atoms. The van der Waals surface area contributed by atoms with Gasteiger partial charge in [-0.25, -0.2) is 0 Å². The maximum atomic E-state index is 11.5. The third kappa shape index (κ3) is 4.40. The highest BCUT2D eigenvalue weighted by Crippen LogP contribution is 2.47. The van der Waals surface area contributed by atoms with Crippen molar-refractivity contribution in [2.75, 3.05) is 20.4 Å². The quantitative estimate of drug-likeness (QED) is 0.487. The number of rotatable bonds is 7. The lowest BCUT2D eigenvalue weighted by atomic mass is 9.99. The van der Waals surface area contributed by atoms with Crippen LogP contribution in [0.3, 0.4) is 0 Å². The minimum absolute atomic E-state index is 0.0509. The van der Waals surface area contributed by atoms with Gasteiger partial charge in [0, 0.05) is 14.2 Å². The van der Waals surface area contributed by atoms with Crippen LogP contribution in [0.1, 0.15) is 13.3 Å². The van der Waals surface area contributed by atoms with Crippen molar-refractivity contribution in [2.45, 2.75) is 25.0 Å². The molecule has 0 aliphatic carbocycles. The van der Waals surface area contributed by atoms with Crippen LogP contribution in [0, 0.1) is 0 Å². The van der Waals surface area contributed by atoms with Gasteiger partial charge in [0.05, 0.1) is 12.3 Å². The van der Waals surface area contributed by atoms with Crippen LogP contribution in [0.2, 0.25) is 0 Å². The van der Waals surface area contributed by atoms with E-state index in [9.17, 15) is 19.6 Å². The molecule has 7 heteroatoms. The van der Waals surface area contributed by atoms with E-state index in [2.05, 4.69) is 9.05 Å². The second-order valence-electron chi connectivity index (χ2n) is 3.35. The van der Waals surface area contributed by atoms with E-state index in [1.54, 1.807) is 0 Å².